The molecule has 0 aliphatic rings. The molecule has 0 aromatic carbocycles. The molecule has 6 heteroatoms. The molecule has 1 aromatic heterocycles. The van der Waals surface area contributed by atoms with Crippen LogP contribution in [-0.4, -0.2) is 9.55 Å². The molecule has 0 saturated heterocycles. The van der Waals surface area contributed by atoms with Gasteiger partial charge in [0.05, 0.1) is 10.5 Å². The molecule has 0 bridgehead atoms. The van der Waals surface area contributed by atoms with Crippen LogP contribution in [-0.2, 0) is 6.54 Å². The van der Waals surface area contributed by atoms with Gasteiger partial charge in [0.2, 0.25) is 0 Å². The highest BCUT2D eigenvalue weighted by atomic mass is 79.9. The molecular weight excluding hydrogens is 262 g/mol. The van der Waals surface area contributed by atoms with Gasteiger partial charge in [-0.3, -0.25) is 14.3 Å². The number of hydrogen-bond acceptors (Lipinski definition) is 3. The van der Waals surface area contributed by atoms with Crippen molar-refractivity contribution in [1.82, 2.24) is 9.55 Å². The highest BCUT2D eigenvalue weighted by Gasteiger charge is 2.00. The summed E-state index contributed by atoms with van der Waals surface area (Å²) in [6.07, 6.45) is 3.44. The van der Waals surface area contributed by atoms with Crippen LogP contribution in [0.5, 0.6) is 0 Å². The lowest BCUT2D eigenvalue weighted by Crippen LogP contribution is -2.29. The minimum Gasteiger partial charge on any atom is -0.299 e. The molecule has 5 nitrogen and oxygen atoms in total. The molecule has 0 amide bonds. The fraction of sp³-hybridized carbons (Fsp3) is 0.444. The summed E-state index contributed by atoms with van der Waals surface area (Å²) in [5.74, 6) is 0. The summed E-state index contributed by atoms with van der Waals surface area (Å²) < 4.78 is 1.76. The van der Waals surface area contributed by atoms with E-state index in [9.17, 15) is 9.59 Å². The van der Waals surface area contributed by atoms with Crippen LogP contribution in [0.1, 0.15) is 19.3 Å². The average molecular weight is 272 g/mol. The molecule has 1 heterocycles. The van der Waals surface area contributed by atoms with Crippen molar-refractivity contribution >= 4 is 15.9 Å². The Hall–Kier alpha value is -1.35. The Labute approximate surface area is 94.5 Å². The van der Waals surface area contributed by atoms with Crippen LogP contribution < -0.4 is 11.2 Å². The van der Waals surface area contributed by atoms with Crippen molar-refractivity contribution in [2.24, 2.45) is 0 Å². The third-order valence-electron chi connectivity index (χ3n) is 1.91. The van der Waals surface area contributed by atoms with Crippen molar-refractivity contribution in [2.75, 3.05) is 0 Å². The minimum absolute atomic E-state index is 0.336. The Morgan fingerprint density at radius 2 is 2.20 bits per heavy atom. The molecule has 0 aliphatic carbocycles. The van der Waals surface area contributed by atoms with Gasteiger partial charge in [-0.15, -0.1) is 0 Å². The number of aryl methyl sites for hydroxylation is 1. The van der Waals surface area contributed by atoms with Gasteiger partial charge in [-0.1, -0.05) is 0 Å². The van der Waals surface area contributed by atoms with Crippen molar-refractivity contribution in [3.05, 3.63) is 31.5 Å². The molecule has 15 heavy (non-hydrogen) atoms. The summed E-state index contributed by atoms with van der Waals surface area (Å²) in [6.45, 7) is 0.510. The monoisotopic (exact) mass is 271 g/mol. The highest BCUT2D eigenvalue weighted by Crippen LogP contribution is 2.00. The van der Waals surface area contributed by atoms with E-state index in [4.69, 9.17) is 5.26 Å². The van der Waals surface area contributed by atoms with Crippen molar-refractivity contribution in [3.63, 3.8) is 0 Å². The fourth-order valence-corrected chi connectivity index (χ4v) is 1.48. The van der Waals surface area contributed by atoms with E-state index < -0.39 is 11.2 Å². The Balaban J connectivity index is 2.71. The van der Waals surface area contributed by atoms with Gasteiger partial charge in [-0.05, 0) is 28.8 Å². The van der Waals surface area contributed by atoms with E-state index in [1.54, 1.807) is 0 Å². The van der Waals surface area contributed by atoms with E-state index >= 15 is 0 Å². The van der Waals surface area contributed by atoms with Crippen LogP contribution >= 0.6 is 15.9 Å². The van der Waals surface area contributed by atoms with Crippen molar-refractivity contribution < 1.29 is 0 Å². The van der Waals surface area contributed by atoms with Gasteiger partial charge in [0, 0.05) is 19.2 Å². The van der Waals surface area contributed by atoms with Gasteiger partial charge in [-0.25, -0.2) is 4.79 Å². The molecule has 0 unspecified atom stereocenters. The number of unbranched alkanes of at least 4 members (excludes halogenated alkanes) is 2. The van der Waals surface area contributed by atoms with Gasteiger partial charge < -0.3 is 0 Å². The second-order valence-electron chi connectivity index (χ2n) is 3.04. The molecular formula is C9H10BrN3O2. The summed E-state index contributed by atoms with van der Waals surface area (Å²) in [6, 6.07) is 2.03. The maximum absolute atomic E-state index is 11.3. The second kappa shape index (κ2) is 5.51. The predicted molar refractivity (Wildman–Crippen MR) is 58.5 cm³/mol. The number of rotatable bonds is 4. The van der Waals surface area contributed by atoms with E-state index in [1.165, 1.54) is 10.8 Å². The quantitative estimate of drug-likeness (QED) is 0.830. The lowest BCUT2D eigenvalue weighted by Gasteiger charge is -2.03. The first-order valence-corrected chi connectivity index (χ1v) is 5.30. The van der Waals surface area contributed by atoms with Gasteiger partial charge in [0.25, 0.3) is 5.56 Å². The first kappa shape index (κ1) is 11.7. The van der Waals surface area contributed by atoms with Crippen molar-refractivity contribution in [1.29, 1.82) is 5.26 Å². The lowest BCUT2D eigenvalue weighted by molar-refractivity contribution is 0.583. The molecule has 0 radical (unpaired) electrons. The Bertz CT molecular complexity index is 483. The zero-order valence-electron chi connectivity index (χ0n) is 7.99. The lowest BCUT2D eigenvalue weighted by atomic mass is 10.2. The molecule has 1 rings (SSSR count). The molecule has 1 aromatic rings. The average Bonchev–Trinajstić information content (AvgIpc) is 2.20. The van der Waals surface area contributed by atoms with Crippen LogP contribution in [0.15, 0.2) is 20.3 Å². The molecule has 0 spiro atoms. The highest BCUT2D eigenvalue weighted by molar-refractivity contribution is 9.10. The normalized spacial score (nSPS) is 9.87. The van der Waals surface area contributed by atoms with E-state index in [2.05, 4.69) is 20.9 Å². The van der Waals surface area contributed by atoms with Crippen LogP contribution in [0.2, 0.25) is 0 Å². The minimum atomic E-state index is -0.423. The number of hydrogen-bond donors (Lipinski definition) is 1. The van der Waals surface area contributed by atoms with Crippen LogP contribution in [0, 0.1) is 11.3 Å². The van der Waals surface area contributed by atoms with Crippen LogP contribution in [0.25, 0.3) is 0 Å². The summed E-state index contributed by atoms with van der Waals surface area (Å²) in [5.41, 5.74) is -0.839. The SMILES string of the molecule is N#CCCCCn1cc(Br)c(=O)[nH]c1=O. The summed E-state index contributed by atoms with van der Waals surface area (Å²) >= 11 is 3.05. The second-order valence-corrected chi connectivity index (χ2v) is 3.90. The number of aromatic amines is 1. The fourth-order valence-electron chi connectivity index (χ4n) is 1.14. The van der Waals surface area contributed by atoms with E-state index in [0.29, 0.717) is 17.4 Å². The molecule has 0 saturated carbocycles. The van der Waals surface area contributed by atoms with Crippen LogP contribution in [0.4, 0.5) is 0 Å². The molecule has 0 fully saturated rings. The molecule has 0 atom stereocenters. The van der Waals surface area contributed by atoms with Gasteiger partial charge in [-0.2, -0.15) is 5.26 Å². The third-order valence-corrected chi connectivity index (χ3v) is 2.47. The number of H-pyrrole nitrogens is 1. The number of halogens is 1. The maximum atomic E-state index is 11.3. The first-order chi connectivity index (χ1) is 7.15. The topological polar surface area (TPSA) is 78.7 Å². The maximum Gasteiger partial charge on any atom is 0.328 e. The summed E-state index contributed by atoms with van der Waals surface area (Å²) in [4.78, 5) is 24.5. The van der Waals surface area contributed by atoms with Crippen molar-refractivity contribution in [2.45, 2.75) is 25.8 Å². The zero-order chi connectivity index (χ0) is 11.3. The van der Waals surface area contributed by atoms with Gasteiger partial charge in [0.1, 0.15) is 0 Å². The number of nitrogens with zero attached hydrogens (tertiary/aromatic N) is 2. The van der Waals surface area contributed by atoms with E-state index in [-0.39, 0.29) is 0 Å². The molecule has 0 aliphatic heterocycles. The summed E-state index contributed by atoms with van der Waals surface area (Å²) in [7, 11) is 0. The Morgan fingerprint density at radius 3 is 2.87 bits per heavy atom. The predicted octanol–water partition coefficient (Wildman–Crippen LogP) is 0.993. The number of nitrogens with one attached hydrogen (secondary N) is 1. The third kappa shape index (κ3) is 3.36. The number of aromatic nitrogens is 2. The summed E-state index contributed by atoms with van der Waals surface area (Å²) in [5, 5.41) is 8.33. The standard InChI is InChI=1S/C9H10BrN3O2/c10-7-6-13(5-3-1-2-4-11)9(15)12-8(7)14/h6H,1-3,5H2,(H,12,14,15). The largest absolute Gasteiger partial charge is 0.328 e. The van der Waals surface area contributed by atoms with E-state index in [1.807, 2.05) is 6.07 Å². The van der Waals surface area contributed by atoms with Gasteiger partial charge in [0.15, 0.2) is 0 Å². The van der Waals surface area contributed by atoms with Gasteiger partial charge >= 0.3 is 5.69 Å². The number of nitriles is 1. The zero-order valence-corrected chi connectivity index (χ0v) is 9.58. The smallest absolute Gasteiger partial charge is 0.299 e. The van der Waals surface area contributed by atoms with E-state index in [0.717, 1.165) is 12.8 Å². The van der Waals surface area contributed by atoms with Crippen molar-refractivity contribution in [3.8, 4) is 6.07 Å². The molecule has 1 N–H and O–H groups in total. The van der Waals surface area contributed by atoms with Crippen LogP contribution in [0.3, 0.4) is 0 Å². The Morgan fingerprint density at radius 1 is 1.47 bits per heavy atom. The Kier molecular flexibility index (Phi) is 4.31. The first-order valence-electron chi connectivity index (χ1n) is 4.51. The molecule has 80 valence electrons.